The number of nitro benzene ring substituents is 1. The van der Waals surface area contributed by atoms with Crippen LogP contribution in [-0.2, 0) is 11.3 Å². The summed E-state index contributed by atoms with van der Waals surface area (Å²) in [6.07, 6.45) is 5.42. The van der Waals surface area contributed by atoms with E-state index < -0.39 is 4.92 Å². The molecule has 6 nitrogen and oxygen atoms in total. The van der Waals surface area contributed by atoms with Crippen LogP contribution >= 0.6 is 0 Å². The molecule has 1 amide bonds. The van der Waals surface area contributed by atoms with Gasteiger partial charge in [0.05, 0.1) is 12.0 Å². The molecule has 1 atom stereocenters. The third kappa shape index (κ3) is 4.97. The van der Waals surface area contributed by atoms with E-state index >= 15 is 0 Å². The highest BCUT2D eigenvalue weighted by atomic mass is 16.6. The number of hydrogen-bond acceptors (Lipinski definition) is 4. The molecule has 1 saturated carbocycles. The quantitative estimate of drug-likeness (QED) is 0.385. The van der Waals surface area contributed by atoms with Crippen LogP contribution in [-0.4, -0.2) is 28.9 Å². The topological polar surface area (TPSA) is 72.7 Å². The van der Waals surface area contributed by atoms with Crippen molar-refractivity contribution in [3.05, 3.63) is 75.8 Å². The van der Waals surface area contributed by atoms with Crippen molar-refractivity contribution < 1.29 is 14.5 Å². The maximum absolute atomic E-state index is 12.9. The largest absolute Gasteiger partial charge is 0.497 e. The molecule has 0 saturated heterocycles. The second-order valence-corrected chi connectivity index (χ2v) is 7.08. The van der Waals surface area contributed by atoms with Gasteiger partial charge in [0.2, 0.25) is 5.91 Å². The van der Waals surface area contributed by atoms with Crippen LogP contribution in [0, 0.1) is 16.0 Å². The van der Waals surface area contributed by atoms with Crippen molar-refractivity contribution in [2.45, 2.75) is 32.4 Å². The van der Waals surface area contributed by atoms with Crippen LogP contribution in [0.2, 0.25) is 0 Å². The highest BCUT2D eigenvalue weighted by molar-refractivity contribution is 5.92. The van der Waals surface area contributed by atoms with E-state index in [0.29, 0.717) is 18.0 Å². The van der Waals surface area contributed by atoms with E-state index in [0.717, 1.165) is 24.2 Å². The monoisotopic (exact) mass is 380 g/mol. The maximum Gasteiger partial charge on any atom is 0.270 e. The lowest BCUT2D eigenvalue weighted by Crippen LogP contribution is -2.38. The molecular weight excluding hydrogens is 356 g/mol. The molecule has 0 heterocycles. The molecule has 1 aliphatic carbocycles. The Labute approximate surface area is 164 Å². The number of non-ortho nitro benzene ring substituents is 1. The number of nitro groups is 1. The van der Waals surface area contributed by atoms with Crippen molar-refractivity contribution in [1.29, 1.82) is 0 Å². The zero-order chi connectivity index (χ0) is 20.1. The normalized spacial score (nSPS) is 14.6. The van der Waals surface area contributed by atoms with E-state index in [2.05, 4.69) is 6.92 Å². The molecule has 2 aromatic carbocycles. The van der Waals surface area contributed by atoms with Crippen molar-refractivity contribution in [3.63, 3.8) is 0 Å². The number of benzene rings is 2. The molecule has 1 aliphatic rings. The summed E-state index contributed by atoms with van der Waals surface area (Å²) in [5.74, 6) is 1.22. The lowest BCUT2D eigenvalue weighted by molar-refractivity contribution is -0.384. The number of hydrogen-bond donors (Lipinski definition) is 0. The van der Waals surface area contributed by atoms with Crippen molar-refractivity contribution >= 4 is 17.7 Å². The molecule has 146 valence electrons. The average Bonchev–Trinajstić information content (AvgIpc) is 3.56. The molecule has 0 unspecified atom stereocenters. The Bertz CT molecular complexity index is 872. The summed E-state index contributed by atoms with van der Waals surface area (Å²) >= 11 is 0. The average molecular weight is 380 g/mol. The third-order valence-electron chi connectivity index (χ3n) is 5.09. The molecule has 2 aromatic rings. The van der Waals surface area contributed by atoms with Gasteiger partial charge in [-0.25, -0.2) is 0 Å². The predicted octanol–water partition coefficient (Wildman–Crippen LogP) is 4.44. The molecule has 3 rings (SSSR count). The Morgan fingerprint density at radius 1 is 1.29 bits per heavy atom. The van der Waals surface area contributed by atoms with Gasteiger partial charge in [-0.1, -0.05) is 24.3 Å². The number of carbonyl (C=O) groups is 1. The number of amides is 1. The van der Waals surface area contributed by atoms with Gasteiger partial charge in [-0.2, -0.15) is 0 Å². The zero-order valence-electron chi connectivity index (χ0n) is 16.1. The van der Waals surface area contributed by atoms with Crippen molar-refractivity contribution in [1.82, 2.24) is 4.90 Å². The number of ether oxygens (including phenoxy) is 1. The minimum absolute atomic E-state index is 0.0102. The summed E-state index contributed by atoms with van der Waals surface area (Å²) < 4.78 is 5.19. The van der Waals surface area contributed by atoms with Crippen molar-refractivity contribution in [2.24, 2.45) is 5.92 Å². The fourth-order valence-corrected chi connectivity index (χ4v) is 3.19. The zero-order valence-corrected chi connectivity index (χ0v) is 16.1. The van der Waals surface area contributed by atoms with Gasteiger partial charge in [0, 0.05) is 30.8 Å². The first-order valence-corrected chi connectivity index (χ1v) is 9.34. The van der Waals surface area contributed by atoms with Crippen LogP contribution in [0.5, 0.6) is 5.75 Å². The fraction of sp³-hybridized carbons (Fsp3) is 0.318. The van der Waals surface area contributed by atoms with Crippen molar-refractivity contribution in [2.75, 3.05) is 7.11 Å². The Kier molecular flexibility index (Phi) is 6.09. The molecule has 1 fully saturated rings. The number of carbonyl (C=O) groups excluding carboxylic acids is 1. The lowest BCUT2D eigenvalue weighted by atomic mass is 10.1. The van der Waals surface area contributed by atoms with Crippen LogP contribution in [0.3, 0.4) is 0 Å². The number of methoxy groups -OCH3 is 1. The Hall–Kier alpha value is -3.15. The minimum Gasteiger partial charge on any atom is -0.497 e. The summed E-state index contributed by atoms with van der Waals surface area (Å²) in [4.78, 5) is 25.3. The fourth-order valence-electron chi connectivity index (χ4n) is 3.19. The van der Waals surface area contributed by atoms with Gasteiger partial charge in [0.25, 0.3) is 5.69 Å². The standard InChI is InChI=1S/C22H24N2O4/c1-16(19-9-10-19)23(15-18-6-11-21(28-2)12-7-18)22(25)13-8-17-4-3-5-20(14-17)24(26)27/h3-8,11-14,16,19H,9-10,15H2,1-2H3/b13-8+/t16-/m0/s1. The molecule has 0 aliphatic heterocycles. The Morgan fingerprint density at radius 3 is 2.61 bits per heavy atom. The maximum atomic E-state index is 12.9. The molecule has 0 N–H and O–H groups in total. The van der Waals surface area contributed by atoms with Gasteiger partial charge in [0.15, 0.2) is 0 Å². The summed E-state index contributed by atoms with van der Waals surface area (Å²) in [5.41, 5.74) is 1.67. The summed E-state index contributed by atoms with van der Waals surface area (Å²) in [7, 11) is 1.62. The molecule has 6 heteroatoms. The highest BCUT2D eigenvalue weighted by Gasteiger charge is 2.33. The van der Waals surface area contributed by atoms with Gasteiger partial charge < -0.3 is 9.64 Å². The Balaban J connectivity index is 1.76. The predicted molar refractivity (Wildman–Crippen MR) is 108 cm³/mol. The lowest BCUT2D eigenvalue weighted by Gasteiger charge is -2.28. The first kappa shape index (κ1) is 19.6. The third-order valence-corrected chi connectivity index (χ3v) is 5.09. The number of rotatable bonds is 8. The second kappa shape index (κ2) is 8.69. The highest BCUT2D eigenvalue weighted by Crippen LogP contribution is 2.36. The van der Waals surface area contributed by atoms with E-state index in [-0.39, 0.29) is 17.6 Å². The molecule has 0 aromatic heterocycles. The van der Waals surface area contributed by atoms with E-state index in [4.69, 9.17) is 4.74 Å². The molecule has 0 spiro atoms. The summed E-state index contributed by atoms with van der Waals surface area (Å²) in [5, 5.41) is 10.9. The molecule has 0 bridgehead atoms. The van der Waals surface area contributed by atoms with E-state index in [1.54, 1.807) is 25.3 Å². The molecule has 28 heavy (non-hydrogen) atoms. The van der Waals surface area contributed by atoms with Gasteiger partial charge in [-0.3, -0.25) is 14.9 Å². The van der Waals surface area contributed by atoms with Crippen molar-refractivity contribution in [3.8, 4) is 5.75 Å². The van der Waals surface area contributed by atoms with E-state index in [1.807, 2.05) is 29.2 Å². The molecular formula is C22H24N2O4. The van der Waals surface area contributed by atoms with Gasteiger partial charge >= 0.3 is 0 Å². The number of nitrogens with zero attached hydrogens (tertiary/aromatic N) is 2. The first-order valence-electron chi connectivity index (χ1n) is 9.34. The minimum atomic E-state index is -0.440. The Morgan fingerprint density at radius 2 is 2.00 bits per heavy atom. The van der Waals surface area contributed by atoms with Crippen LogP contribution in [0.1, 0.15) is 30.9 Å². The second-order valence-electron chi connectivity index (χ2n) is 7.08. The molecule has 0 radical (unpaired) electrons. The van der Waals surface area contributed by atoms with Gasteiger partial charge in [-0.15, -0.1) is 0 Å². The van der Waals surface area contributed by atoms with E-state index in [9.17, 15) is 14.9 Å². The van der Waals surface area contributed by atoms with Crippen LogP contribution in [0.4, 0.5) is 5.69 Å². The van der Waals surface area contributed by atoms with Crippen LogP contribution in [0.15, 0.2) is 54.6 Å². The van der Waals surface area contributed by atoms with Gasteiger partial charge in [-0.05, 0) is 55.0 Å². The van der Waals surface area contributed by atoms with Gasteiger partial charge in [0.1, 0.15) is 5.75 Å². The SMILES string of the molecule is COc1ccc(CN(C(=O)/C=C/c2cccc([N+](=O)[O-])c2)[C@@H](C)C2CC2)cc1. The first-order chi connectivity index (χ1) is 13.5. The smallest absolute Gasteiger partial charge is 0.270 e. The summed E-state index contributed by atoms with van der Waals surface area (Å²) in [6.45, 7) is 2.60. The van der Waals surface area contributed by atoms with Crippen LogP contribution < -0.4 is 4.74 Å². The van der Waals surface area contributed by atoms with E-state index in [1.165, 1.54) is 18.2 Å². The van der Waals surface area contributed by atoms with Crippen LogP contribution in [0.25, 0.3) is 6.08 Å². The summed E-state index contributed by atoms with van der Waals surface area (Å²) in [6, 6.07) is 14.1.